The Morgan fingerprint density at radius 3 is 2.57 bits per heavy atom. The van der Waals surface area contributed by atoms with Crippen LogP contribution in [0.1, 0.15) is 36.1 Å². The number of fused-ring (bicyclic) bond motifs is 1. The molecular weight excluding hydrogens is 398 g/mol. The van der Waals surface area contributed by atoms with Gasteiger partial charge in [0, 0.05) is 47.5 Å². The Morgan fingerprint density at radius 1 is 1.17 bits per heavy atom. The monoisotopic (exact) mass is 417 g/mol. The van der Waals surface area contributed by atoms with E-state index in [2.05, 4.69) is 0 Å². The summed E-state index contributed by atoms with van der Waals surface area (Å²) in [5.41, 5.74) is 6.75. The SMILES string of the molecule is N#Cc1cccc(F)c1-c1ccc2c(C(N)C(F)(F)F)cn(C3CCOCC3)c2c1. The van der Waals surface area contributed by atoms with Crippen molar-refractivity contribution in [1.82, 2.24) is 4.57 Å². The predicted octanol–water partition coefficient (Wildman–Crippen LogP) is 5.23. The maximum atomic E-state index is 14.5. The number of nitrogens with zero attached hydrogens (tertiary/aromatic N) is 2. The molecular formula is C22H19F4N3O. The van der Waals surface area contributed by atoms with Gasteiger partial charge in [-0.15, -0.1) is 0 Å². The fourth-order valence-electron chi connectivity index (χ4n) is 4.03. The lowest BCUT2D eigenvalue weighted by Gasteiger charge is -2.24. The van der Waals surface area contributed by atoms with Gasteiger partial charge >= 0.3 is 6.18 Å². The number of ether oxygens (including phenoxy) is 1. The summed E-state index contributed by atoms with van der Waals surface area (Å²) in [6.45, 7) is 1.02. The van der Waals surface area contributed by atoms with E-state index in [1.54, 1.807) is 10.6 Å². The van der Waals surface area contributed by atoms with Gasteiger partial charge in [0.25, 0.3) is 0 Å². The standard InChI is InChI=1S/C22H19F4N3O/c23-18-3-1-2-14(11-27)20(18)13-4-5-16-17(21(28)22(24,25)26)12-29(19(16)10-13)15-6-8-30-9-7-15/h1-5,10,12,15,21H,6-9,28H2. The zero-order chi connectivity index (χ0) is 21.5. The highest BCUT2D eigenvalue weighted by molar-refractivity contribution is 5.90. The molecule has 8 heteroatoms. The van der Waals surface area contributed by atoms with Crippen LogP contribution in [0, 0.1) is 17.1 Å². The average Bonchev–Trinajstić information content (AvgIpc) is 3.11. The van der Waals surface area contributed by atoms with Crippen LogP contribution in [0.2, 0.25) is 0 Å². The van der Waals surface area contributed by atoms with Crippen molar-refractivity contribution in [3.63, 3.8) is 0 Å². The molecule has 2 aromatic carbocycles. The molecule has 1 saturated heterocycles. The molecule has 156 valence electrons. The summed E-state index contributed by atoms with van der Waals surface area (Å²) in [4.78, 5) is 0. The quantitative estimate of drug-likeness (QED) is 0.594. The van der Waals surface area contributed by atoms with Crippen LogP contribution in [0.5, 0.6) is 0 Å². The third-order valence-electron chi connectivity index (χ3n) is 5.56. The Kier molecular flexibility index (Phi) is 5.26. The van der Waals surface area contributed by atoms with E-state index in [1.165, 1.54) is 36.5 Å². The molecule has 1 aromatic heterocycles. The number of rotatable bonds is 3. The number of alkyl halides is 3. The van der Waals surface area contributed by atoms with Gasteiger partial charge in [-0.1, -0.05) is 18.2 Å². The Labute approximate surface area is 170 Å². The Bertz CT molecular complexity index is 1120. The summed E-state index contributed by atoms with van der Waals surface area (Å²) in [5, 5.41) is 9.73. The first-order chi connectivity index (χ1) is 14.3. The minimum atomic E-state index is -4.59. The number of aromatic nitrogens is 1. The van der Waals surface area contributed by atoms with Gasteiger partial charge in [0.15, 0.2) is 0 Å². The number of hydrogen-bond donors (Lipinski definition) is 1. The van der Waals surface area contributed by atoms with Crippen molar-refractivity contribution in [2.24, 2.45) is 5.73 Å². The number of nitriles is 1. The van der Waals surface area contributed by atoms with E-state index in [0.29, 0.717) is 42.5 Å². The van der Waals surface area contributed by atoms with Gasteiger partial charge in [-0.05, 0) is 36.6 Å². The molecule has 0 spiro atoms. The number of halogens is 4. The van der Waals surface area contributed by atoms with Gasteiger partial charge < -0.3 is 15.0 Å². The molecule has 2 N–H and O–H groups in total. The van der Waals surface area contributed by atoms with Gasteiger partial charge in [-0.25, -0.2) is 4.39 Å². The second-order valence-corrected chi connectivity index (χ2v) is 7.36. The minimum absolute atomic E-state index is 0.0235. The van der Waals surface area contributed by atoms with E-state index in [9.17, 15) is 22.8 Å². The molecule has 0 aliphatic carbocycles. The molecule has 1 unspecified atom stereocenters. The van der Waals surface area contributed by atoms with Gasteiger partial charge in [-0.2, -0.15) is 18.4 Å². The lowest BCUT2D eigenvalue weighted by atomic mass is 9.97. The summed E-state index contributed by atoms with van der Waals surface area (Å²) >= 11 is 0. The van der Waals surface area contributed by atoms with Crippen LogP contribution in [-0.4, -0.2) is 24.0 Å². The van der Waals surface area contributed by atoms with Crippen LogP contribution in [0.25, 0.3) is 22.0 Å². The molecule has 0 bridgehead atoms. The van der Waals surface area contributed by atoms with Crippen molar-refractivity contribution in [3.8, 4) is 17.2 Å². The lowest BCUT2D eigenvalue weighted by Crippen LogP contribution is -2.28. The summed E-state index contributed by atoms with van der Waals surface area (Å²) in [7, 11) is 0. The first kappa shape index (κ1) is 20.4. The smallest absolute Gasteiger partial charge is 0.381 e. The van der Waals surface area contributed by atoms with Crippen molar-refractivity contribution < 1.29 is 22.3 Å². The molecule has 2 heterocycles. The van der Waals surface area contributed by atoms with E-state index < -0.39 is 18.0 Å². The lowest BCUT2D eigenvalue weighted by molar-refractivity contribution is -0.148. The Balaban J connectivity index is 1.93. The van der Waals surface area contributed by atoms with Crippen LogP contribution < -0.4 is 5.73 Å². The summed E-state index contributed by atoms with van der Waals surface area (Å²) in [6, 6.07) is 8.68. The normalized spacial score (nSPS) is 16.5. The van der Waals surface area contributed by atoms with Crippen LogP contribution >= 0.6 is 0 Å². The number of benzene rings is 2. The fraction of sp³-hybridized carbons (Fsp3) is 0.318. The van der Waals surface area contributed by atoms with Crippen molar-refractivity contribution in [3.05, 3.63) is 59.5 Å². The average molecular weight is 417 g/mol. The van der Waals surface area contributed by atoms with Crippen molar-refractivity contribution in [1.29, 1.82) is 5.26 Å². The van der Waals surface area contributed by atoms with E-state index in [0.717, 1.165) is 0 Å². The summed E-state index contributed by atoms with van der Waals surface area (Å²) in [5.74, 6) is -0.565. The van der Waals surface area contributed by atoms with Gasteiger partial charge in [-0.3, -0.25) is 0 Å². The first-order valence-corrected chi connectivity index (χ1v) is 9.54. The van der Waals surface area contributed by atoms with Crippen LogP contribution in [0.3, 0.4) is 0 Å². The van der Waals surface area contributed by atoms with Gasteiger partial charge in [0.2, 0.25) is 0 Å². The maximum Gasteiger partial charge on any atom is 0.407 e. The fourth-order valence-corrected chi connectivity index (χ4v) is 4.03. The summed E-state index contributed by atoms with van der Waals surface area (Å²) < 4.78 is 61.8. The Morgan fingerprint density at radius 2 is 1.90 bits per heavy atom. The highest BCUT2D eigenvalue weighted by Gasteiger charge is 2.40. The molecule has 0 amide bonds. The molecule has 4 nitrogen and oxygen atoms in total. The Hall–Kier alpha value is -2.89. The second kappa shape index (κ2) is 7.74. The third kappa shape index (κ3) is 3.55. The van der Waals surface area contributed by atoms with Gasteiger partial charge in [0.05, 0.1) is 11.6 Å². The molecule has 1 fully saturated rings. The molecule has 30 heavy (non-hydrogen) atoms. The van der Waals surface area contributed by atoms with E-state index in [-0.39, 0.29) is 22.7 Å². The maximum absolute atomic E-state index is 14.5. The number of hydrogen-bond acceptors (Lipinski definition) is 3. The number of nitrogens with two attached hydrogens (primary N) is 1. The van der Waals surface area contributed by atoms with Crippen LogP contribution in [0.15, 0.2) is 42.6 Å². The zero-order valence-corrected chi connectivity index (χ0v) is 15.9. The largest absolute Gasteiger partial charge is 0.407 e. The van der Waals surface area contributed by atoms with Crippen molar-refractivity contribution in [2.75, 3.05) is 13.2 Å². The first-order valence-electron chi connectivity index (χ1n) is 9.54. The third-order valence-corrected chi connectivity index (χ3v) is 5.56. The van der Waals surface area contributed by atoms with Crippen LogP contribution in [0.4, 0.5) is 17.6 Å². The molecule has 1 aliphatic rings. The molecule has 1 aliphatic heterocycles. The van der Waals surface area contributed by atoms with E-state index in [1.807, 2.05) is 6.07 Å². The highest BCUT2D eigenvalue weighted by atomic mass is 19.4. The van der Waals surface area contributed by atoms with Crippen molar-refractivity contribution >= 4 is 10.9 Å². The highest BCUT2D eigenvalue weighted by Crippen LogP contribution is 2.39. The molecule has 0 radical (unpaired) electrons. The molecule has 4 rings (SSSR count). The second-order valence-electron chi connectivity index (χ2n) is 7.36. The zero-order valence-electron chi connectivity index (χ0n) is 15.9. The van der Waals surface area contributed by atoms with Gasteiger partial charge in [0.1, 0.15) is 11.9 Å². The van der Waals surface area contributed by atoms with E-state index >= 15 is 0 Å². The van der Waals surface area contributed by atoms with Crippen LogP contribution in [-0.2, 0) is 4.74 Å². The predicted molar refractivity (Wildman–Crippen MR) is 104 cm³/mol. The topological polar surface area (TPSA) is 64.0 Å². The minimum Gasteiger partial charge on any atom is -0.381 e. The molecule has 1 atom stereocenters. The summed E-state index contributed by atoms with van der Waals surface area (Å²) in [6.07, 6.45) is -1.84. The van der Waals surface area contributed by atoms with E-state index in [4.69, 9.17) is 10.5 Å². The molecule has 3 aromatic rings. The van der Waals surface area contributed by atoms with Crippen molar-refractivity contribution in [2.45, 2.75) is 31.1 Å². The molecule has 0 saturated carbocycles.